The first-order chi connectivity index (χ1) is 27.4. The van der Waals surface area contributed by atoms with E-state index in [0.29, 0.717) is 5.46 Å². The van der Waals surface area contributed by atoms with Crippen LogP contribution in [0.4, 0.5) is 0 Å². The summed E-state index contributed by atoms with van der Waals surface area (Å²) in [6, 6.07) is 53.6. The molecule has 0 saturated heterocycles. The number of pyridine rings is 2. The Morgan fingerprint density at radius 3 is 1.23 bits per heavy atom. The van der Waals surface area contributed by atoms with Gasteiger partial charge in [0.05, 0.1) is 22.1 Å². The molecule has 10 rings (SSSR count). The predicted octanol–water partition coefficient (Wildman–Crippen LogP) is 11.7. The van der Waals surface area contributed by atoms with Gasteiger partial charge in [-0.15, -0.1) is 0 Å². The molecule has 0 unspecified atom stereocenters. The molecule has 56 heavy (non-hydrogen) atoms. The molecule has 6 nitrogen and oxygen atoms in total. The molecule has 0 aliphatic heterocycles. The minimum Gasteiger partial charge on any atom is -0.423 e. The van der Waals surface area contributed by atoms with Gasteiger partial charge in [-0.1, -0.05) is 97.1 Å². The molecule has 6 aromatic carbocycles. The van der Waals surface area contributed by atoms with E-state index < -0.39 is 7.12 Å². The van der Waals surface area contributed by atoms with Crippen LogP contribution in [0.25, 0.3) is 66.1 Å². The Kier molecular flexibility index (Phi) is 11.3. The number of hydrogen-bond acceptors (Lipinski definition) is 4. The van der Waals surface area contributed by atoms with Crippen molar-refractivity contribution in [3.8, 4) is 22.5 Å². The number of para-hydroxylation sites is 4. The van der Waals surface area contributed by atoms with Crippen molar-refractivity contribution in [2.75, 3.05) is 0 Å². The zero-order chi connectivity index (χ0) is 38.6. The summed E-state index contributed by atoms with van der Waals surface area (Å²) < 4.78 is 7.45. The lowest BCUT2D eigenvalue weighted by atomic mass is 9.80. The van der Waals surface area contributed by atoms with E-state index in [9.17, 15) is 10.0 Å². The summed E-state index contributed by atoms with van der Waals surface area (Å²) in [7, 11) is -1.46. The van der Waals surface area contributed by atoms with Crippen molar-refractivity contribution in [2.24, 2.45) is 0 Å². The Bertz CT molecular complexity index is 2860. The molecule has 0 saturated carbocycles. The van der Waals surface area contributed by atoms with Gasteiger partial charge in [0, 0.05) is 76.7 Å². The lowest BCUT2D eigenvalue weighted by Crippen LogP contribution is -2.29. The lowest BCUT2D eigenvalue weighted by molar-refractivity contribution is 0.426. The van der Waals surface area contributed by atoms with Crippen LogP contribution in [0.5, 0.6) is 0 Å². The predicted molar refractivity (Wildman–Crippen MR) is 242 cm³/mol. The van der Waals surface area contributed by atoms with Crippen LogP contribution in [0.15, 0.2) is 196 Å². The highest BCUT2D eigenvalue weighted by atomic mass is 79.9. The summed E-state index contributed by atoms with van der Waals surface area (Å²) in [5.41, 5.74) is 9.46. The van der Waals surface area contributed by atoms with Crippen molar-refractivity contribution in [1.29, 1.82) is 0 Å². The van der Waals surface area contributed by atoms with E-state index in [4.69, 9.17) is 0 Å². The van der Waals surface area contributed by atoms with Crippen LogP contribution in [0.3, 0.4) is 0 Å². The Morgan fingerprint density at radius 2 is 0.804 bits per heavy atom. The van der Waals surface area contributed by atoms with Gasteiger partial charge in [-0.2, -0.15) is 0 Å². The molecule has 0 atom stereocenters. The summed E-state index contributed by atoms with van der Waals surface area (Å²) in [6.45, 7) is 0. The van der Waals surface area contributed by atoms with E-state index in [-0.39, 0.29) is 0 Å². The molecule has 0 amide bonds. The molecule has 272 valence electrons. The second-order valence-corrected chi connectivity index (χ2v) is 15.7. The standard InChI is InChI=1S/C23H15BrN2.C18H14BNO2.C5H3Br2N/c24-18-12-17(14-25-15-18)16-6-5-7-19(13-16)26-22-10-3-1-8-20(22)21-9-2-4-11-23(21)26;21-19(22)13-6-5-7-14(12-13)20-17-10-3-1-8-15(17)16-9-2-4-11-18(16)20;6-4-1-5(7)3-8-2-4/h1-15H;1-12,21-22H;1-3H. The van der Waals surface area contributed by atoms with Crippen molar-refractivity contribution in [3.05, 3.63) is 196 Å². The summed E-state index contributed by atoms with van der Waals surface area (Å²) in [4.78, 5) is 8.19. The Hall–Kier alpha value is -5.36. The molecule has 0 spiro atoms. The van der Waals surface area contributed by atoms with Crippen LogP contribution in [0, 0.1) is 0 Å². The third-order valence-corrected chi connectivity index (χ3v) is 10.7. The van der Waals surface area contributed by atoms with Gasteiger partial charge in [-0.05, 0) is 119 Å². The van der Waals surface area contributed by atoms with E-state index in [1.165, 1.54) is 32.6 Å². The van der Waals surface area contributed by atoms with Crippen molar-refractivity contribution in [3.63, 3.8) is 0 Å². The molecule has 0 aliphatic carbocycles. The zero-order valence-electron chi connectivity index (χ0n) is 29.7. The molecule has 0 aliphatic rings. The normalized spacial score (nSPS) is 10.9. The number of hydrogen-bond donors (Lipinski definition) is 2. The summed E-state index contributed by atoms with van der Waals surface area (Å²) in [5.74, 6) is 0. The van der Waals surface area contributed by atoms with Crippen LogP contribution in [0.1, 0.15) is 0 Å². The van der Waals surface area contributed by atoms with E-state index in [1.54, 1.807) is 24.7 Å². The third-order valence-electron chi connectivity index (χ3n) is 9.40. The average molecular weight is 923 g/mol. The van der Waals surface area contributed by atoms with E-state index >= 15 is 0 Å². The molecule has 10 heteroatoms. The average Bonchev–Trinajstić information content (AvgIpc) is 3.75. The minimum absolute atomic E-state index is 0.486. The largest absolute Gasteiger partial charge is 0.488 e. The number of nitrogens with zero attached hydrogens (tertiary/aromatic N) is 4. The van der Waals surface area contributed by atoms with Crippen molar-refractivity contribution in [2.45, 2.75) is 0 Å². The summed E-state index contributed by atoms with van der Waals surface area (Å²) in [5, 5.41) is 23.8. The fraction of sp³-hybridized carbons (Fsp3) is 0. The number of rotatable bonds is 4. The topological polar surface area (TPSA) is 76.1 Å². The summed E-state index contributed by atoms with van der Waals surface area (Å²) in [6.07, 6.45) is 7.19. The SMILES string of the molecule is Brc1cncc(-c2cccc(-n3c4ccccc4c4ccccc43)c2)c1.Brc1cncc(Br)c1.OB(O)c1cccc(-n2c3ccccc3c3ccccc32)c1. The zero-order valence-corrected chi connectivity index (χ0v) is 34.5. The number of aromatic nitrogens is 4. The summed E-state index contributed by atoms with van der Waals surface area (Å²) >= 11 is 10.1. The van der Waals surface area contributed by atoms with Crippen LogP contribution in [-0.2, 0) is 0 Å². The van der Waals surface area contributed by atoms with Gasteiger partial charge in [0.25, 0.3) is 0 Å². The molecule has 4 heterocycles. The first kappa shape index (κ1) is 37.6. The smallest absolute Gasteiger partial charge is 0.423 e. The quantitative estimate of drug-likeness (QED) is 0.172. The van der Waals surface area contributed by atoms with Crippen LogP contribution in [0.2, 0.25) is 0 Å². The van der Waals surface area contributed by atoms with Crippen molar-refractivity contribution in [1.82, 2.24) is 19.1 Å². The molecular weight excluding hydrogens is 891 g/mol. The Balaban J connectivity index is 0.000000133. The maximum atomic E-state index is 9.42. The Morgan fingerprint density at radius 1 is 0.393 bits per heavy atom. The van der Waals surface area contributed by atoms with Crippen molar-refractivity contribution < 1.29 is 10.0 Å². The van der Waals surface area contributed by atoms with Gasteiger partial charge >= 0.3 is 7.12 Å². The van der Waals surface area contributed by atoms with Crippen molar-refractivity contribution >= 4 is 104 Å². The van der Waals surface area contributed by atoms with E-state index in [2.05, 4.69) is 170 Å². The second-order valence-electron chi connectivity index (χ2n) is 13.0. The minimum atomic E-state index is -1.46. The van der Waals surface area contributed by atoms with Gasteiger partial charge in [0.2, 0.25) is 0 Å². The number of halogens is 3. The highest BCUT2D eigenvalue weighted by Crippen LogP contribution is 2.34. The lowest BCUT2D eigenvalue weighted by Gasteiger charge is -2.10. The maximum absolute atomic E-state index is 9.42. The molecule has 4 aromatic heterocycles. The van der Waals surface area contributed by atoms with E-state index in [1.807, 2.05) is 54.7 Å². The first-order valence-corrected chi connectivity index (χ1v) is 20.1. The molecule has 2 N–H and O–H groups in total. The van der Waals surface area contributed by atoms with Gasteiger partial charge in [0.1, 0.15) is 0 Å². The van der Waals surface area contributed by atoms with Crippen LogP contribution >= 0.6 is 47.8 Å². The highest BCUT2D eigenvalue weighted by Gasteiger charge is 2.15. The van der Waals surface area contributed by atoms with Gasteiger partial charge in [-0.3, -0.25) is 9.97 Å². The van der Waals surface area contributed by atoms with Gasteiger partial charge in [0.15, 0.2) is 0 Å². The number of benzene rings is 6. The molecule has 10 aromatic rings. The molecular formula is C46H32BBr3N4O2. The number of fused-ring (bicyclic) bond motifs is 6. The van der Waals surface area contributed by atoms with Gasteiger partial charge < -0.3 is 19.2 Å². The monoisotopic (exact) mass is 920 g/mol. The highest BCUT2D eigenvalue weighted by molar-refractivity contribution is 9.11. The second kappa shape index (κ2) is 16.8. The first-order valence-electron chi connectivity index (χ1n) is 17.8. The van der Waals surface area contributed by atoms with E-state index in [0.717, 1.165) is 47.0 Å². The fourth-order valence-corrected chi connectivity index (χ4v) is 8.41. The maximum Gasteiger partial charge on any atom is 0.488 e. The van der Waals surface area contributed by atoms with Crippen LogP contribution in [-0.4, -0.2) is 36.3 Å². The van der Waals surface area contributed by atoms with Crippen LogP contribution < -0.4 is 5.46 Å². The molecule has 0 fully saturated rings. The third kappa shape index (κ3) is 7.84. The Labute approximate surface area is 349 Å². The molecule has 0 radical (unpaired) electrons. The fourth-order valence-electron chi connectivity index (χ4n) is 7.01. The van der Waals surface area contributed by atoms with Gasteiger partial charge in [-0.25, -0.2) is 0 Å². The molecule has 0 bridgehead atoms.